The average molecular weight is 1190 g/mol. The Morgan fingerprint density at radius 3 is 1.40 bits per heavy atom. The topological polar surface area (TPSA) is 185 Å². The zero-order valence-corrected chi connectivity index (χ0v) is 49.7. The Balaban J connectivity index is 0.000000208. The number of rotatable bonds is 12. The number of nitrogens with two attached hydrogens (primary N) is 2. The van der Waals surface area contributed by atoms with Crippen LogP contribution in [-0.2, 0) is 25.4 Å². The highest BCUT2D eigenvalue weighted by Crippen LogP contribution is 2.37. The number of hydrogen-bond acceptors (Lipinski definition) is 12. The number of aryl methyl sites for hydroxylation is 1. The van der Waals surface area contributed by atoms with E-state index in [2.05, 4.69) is 77.9 Å². The fourth-order valence-corrected chi connectivity index (χ4v) is 10.6. The normalized spacial score (nSPS) is 14.6. The molecule has 454 valence electrons. The van der Waals surface area contributed by atoms with Gasteiger partial charge < -0.3 is 41.0 Å². The summed E-state index contributed by atoms with van der Waals surface area (Å²) in [5, 5.41) is 6.58. The predicted octanol–water partition coefficient (Wildman–Crippen LogP) is 11.1. The summed E-state index contributed by atoms with van der Waals surface area (Å²) in [7, 11) is 0. The largest absolute Gasteiger partial charge is 0.416 e. The van der Waals surface area contributed by atoms with Gasteiger partial charge in [-0.25, -0.2) is 19.9 Å². The van der Waals surface area contributed by atoms with Gasteiger partial charge in [0, 0.05) is 124 Å². The van der Waals surface area contributed by atoms with Crippen molar-refractivity contribution in [2.24, 2.45) is 0 Å². The van der Waals surface area contributed by atoms with E-state index in [1.54, 1.807) is 42.5 Å². The number of halogens is 6. The number of fused-ring (bicyclic) bond motifs is 2. The van der Waals surface area contributed by atoms with Crippen LogP contribution < -0.4 is 22.1 Å². The van der Waals surface area contributed by atoms with Crippen molar-refractivity contribution < 1.29 is 35.9 Å². The molecule has 4 aromatic heterocycles. The number of anilines is 4. The number of nitrogens with zero attached hydrogens (tertiary/aromatic N) is 10. The van der Waals surface area contributed by atoms with Gasteiger partial charge >= 0.3 is 12.4 Å². The molecule has 6 heterocycles. The molecule has 4 aromatic carbocycles. The molecular weight excluding hydrogens is 1120 g/mol. The van der Waals surface area contributed by atoms with Crippen LogP contribution in [0.3, 0.4) is 0 Å². The van der Waals surface area contributed by atoms with Gasteiger partial charge in [-0.3, -0.25) is 19.4 Å². The number of benzene rings is 4. The molecule has 2 aliphatic rings. The molecule has 2 saturated heterocycles. The zero-order chi connectivity index (χ0) is 62.3. The number of nitrogens with one attached hydrogen (secondary N) is 2. The van der Waals surface area contributed by atoms with E-state index in [1.165, 1.54) is 36.9 Å². The molecule has 2 amide bonds. The van der Waals surface area contributed by atoms with E-state index >= 15 is 0 Å². The number of nitrogen functional groups attached to an aromatic ring is 2. The van der Waals surface area contributed by atoms with Gasteiger partial charge in [0.05, 0.1) is 33.0 Å². The zero-order valence-electron chi connectivity index (χ0n) is 49.7. The number of likely N-dealkylation sites (N-methyl/N-ethyl adjacent to an activating group) is 2. The van der Waals surface area contributed by atoms with Gasteiger partial charge in [-0.05, 0) is 119 Å². The van der Waals surface area contributed by atoms with Crippen LogP contribution in [0.4, 0.5) is 49.4 Å². The third kappa shape index (κ3) is 15.1. The monoisotopic (exact) mass is 1190 g/mol. The van der Waals surface area contributed by atoms with Gasteiger partial charge in [0.2, 0.25) is 0 Å². The van der Waals surface area contributed by atoms with Crippen LogP contribution in [0, 0.1) is 30.6 Å². The van der Waals surface area contributed by atoms with Crippen molar-refractivity contribution >= 4 is 56.9 Å². The summed E-state index contributed by atoms with van der Waals surface area (Å²) in [6.45, 7) is 22.6. The minimum atomic E-state index is -4.55. The van der Waals surface area contributed by atoms with Crippen molar-refractivity contribution in [2.75, 3.05) is 87.5 Å². The Labute approximate surface area is 502 Å². The van der Waals surface area contributed by atoms with E-state index in [9.17, 15) is 35.9 Å². The molecule has 0 aliphatic carbocycles. The van der Waals surface area contributed by atoms with Crippen LogP contribution in [0.2, 0.25) is 0 Å². The highest BCUT2D eigenvalue weighted by Gasteiger charge is 2.36. The van der Waals surface area contributed by atoms with Gasteiger partial charge in [0.1, 0.15) is 35.6 Å². The average Bonchev–Trinajstić information content (AvgIpc) is 3.88. The van der Waals surface area contributed by atoms with E-state index in [0.29, 0.717) is 82.1 Å². The summed E-state index contributed by atoms with van der Waals surface area (Å²) in [4.78, 5) is 51.8. The van der Waals surface area contributed by atoms with E-state index in [1.807, 2.05) is 65.9 Å². The number of carbonyl (C=O) groups is 2. The Morgan fingerprint density at radius 2 is 0.966 bits per heavy atom. The van der Waals surface area contributed by atoms with Crippen molar-refractivity contribution in [1.82, 2.24) is 48.7 Å². The smallest absolute Gasteiger partial charge is 0.383 e. The molecule has 8 aromatic rings. The Morgan fingerprint density at radius 1 is 0.540 bits per heavy atom. The number of piperazine rings is 2. The SMILES string of the molecule is CCN1CCN(Cc2ccc(NC(=O)c3ccc(C)c(C#Cc4cn(C(C)C)c5ncnc(N)c45)c3)cc2C(F)(F)F)CC1.CCN1CCN(Cc2ccc(NC(=O)c3cccc(C#Cc4cn(C(C)C)c5ncnc(N)c45)c3)cc2C(F)(F)F)CC1. The molecule has 10 rings (SSSR count). The third-order valence-electron chi connectivity index (χ3n) is 15.6. The van der Waals surface area contributed by atoms with Crippen molar-refractivity contribution in [2.45, 2.75) is 86.0 Å². The van der Waals surface area contributed by atoms with Gasteiger partial charge in [0.25, 0.3) is 11.8 Å². The standard InChI is InChI=1S/C33H36F3N7O.C32H34F3N7O/c1-5-41-12-14-42(15-13-41)18-25-10-11-27(17-28(25)33(34,35)36)40-32(44)24-7-6-22(4)23(16-24)8-9-26-19-43(21(2)3)31-29(26)30(37)38-20-39-31;1-4-40-12-14-41(15-13-40)18-24-10-11-26(17-27(24)32(33,34)35)39-31(43)23-7-5-6-22(16-23)8-9-25-19-42(21(2)3)30-28(25)29(36)37-20-38-30/h6-7,10-11,16-17,19-21H,5,12-15,18H2,1-4H3,(H,40,44)(H2,37,38,39);5-7,10-11,16-17,19-21H,4,12-15,18H2,1-3H3,(H,39,43)(H2,36,37,38). The number of amides is 2. The molecule has 0 radical (unpaired) electrons. The predicted molar refractivity (Wildman–Crippen MR) is 328 cm³/mol. The summed E-state index contributed by atoms with van der Waals surface area (Å²) < 4.78 is 88.3. The lowest BCUT2D eigenvalue weighted by Gasteiger charge is -2.34. The van der Waals surface area contributed by atoms with Crippen LogP contribution in [0.1, 0.15) is 124 Å². The molecular formula is C65H70F6N14O2. The fraction of sp³-hybridized carbons (Fsp3) is 0.354. The molecule has 2 aliphatic heterocycles. The Bertz CT molecular complexity index is 3940. The lowest BCUT2D eigenvalue weighted by molar-refractivity contribution is -0.139. The first-order valence-corrected chi connectivity index (χ1v) is 28.9. The first-order valence-electron chi connectivity index (χ1n) is 28.9. The van der Waals surface area contributed by atoms with Crippen LogP contribution in [-0.4, -0.2) is 126 Å². The molecule has 0 atom stereocenters. The second-order valence-electron chi connectivity index (χ2n) is 22.2. The Hall–Kier alpha value is -8.80. The first-order chi connectivity index (χ1) is 41.5. The highest BCUT2D eigenvalue weighted by atomic mass is 19.4. The van der Waals surface area contributed by atoms with Crippen LogP contribution in [0.25, 0.3) is 22.1 Å². The van der Waals surface area contributed by atoms with Crippen LogP contribution in [0.5, 0.6) is 0 Å². The third-order valence-corrected chi connectivity index (χ3v) is 15.6. The quantitative estimate of drug-likeness (QED) is 0.0671. The highest BCUT2D eigenvalue weighted by molar-refractivity contribution is 6.05. The molecule has 22 heteroatoms. The Kier molecular flexibility index (Phi) is 19.4. The van der Waals surface area contributed by atoms with E-state index < -0.39 is 35.3 Å². The lowest BCUT2D eigenvalue weighted by Crippen LogP contribution is -2.45. The number of carbonyl (C=O) groups excluding carboxylic acids is 2. The van der Waals surface area contributed by atoms with Crippen molar-refractivity contribution in [3.8, 4) is 23.7 Å². The van der Waals surface area contributed by atoms with Crippen LogP contribution in [0.15, 0.2) is 104 Å². The molecule has 0 unspecified atom stereocenters. The maximum Gasteiger partial charge on any atom is 0.416 e. The molecule has 16 nitrogen and oxygen atoms in total. The van der Waals surface area contributed by atoms with Crippen molar-refractivity contribution in [3.63, 3.8) is 0 Å². The van der Waals surface area contributed by atoms with Gasteiger partial charge in [-0.15, -0.1) is 0 Å². The van der Waals surface area contributed by atoms with Crippen molar-refractivity contribution in [1.29, 1.82) is 0 Å². The molecule has 6 N–H and O–H groups in total. The summed E-state index contributed by atoms with van der Waals surface area (Å²) >= 11 is 0. The second-order valence-corrected chi connectivity index (χ2v) is 22.2. The second kappa shape index (κ2) is 26.9. The number of alkyl halides is 6. The maximum absolute atomic E-state index is 14.1. The minimum Gasteiger partial charge on any atom is -0.383 e. The van der Waals surface area contributed by atoms with Gasteiger partial charge in [-0.2, -0.15) is 26.3 Å². The number of hydrogen-bond donors (Lipinski definition) is 4. The molecule has 0 saturated carbocycles. The van der Waals surface area contributed by atoms with E-state index in [-0.39, 0.29) is 58.8 Å². The number of aromatic nitrogens is 6. The van der Waals surface area contributed by atoms with Crippen molar-refractivity contribution in [3.05, 3.63) is 165 Å². The minimum absolute atomic E-state index is 0.0744. The van der Waals surface area contributed by atoms with Gasteiger partial charge in [0.15, 0.2) is 0 Å². The summed E-state index contributed by atoms with van der Waals surface area (Å²) in [6, 6.07) is 19.9. The van der Waals surface area contributed by atoms with E-state index in [4.69, 9.17) is 11.5 Å². The molecule has 87 heavy (non-hydrogen) atoms. The summed E-state index contributed by atoms with van der Waals surface area (Å²) in [6.07, 6.45) is -2.52. The fourth-order valence-electron chi connectivity index (χ4n) is 10.6. The lowest BCUT2D eigenvalue weighted by atomic mass is 10.0. The van der Waals surface area contributed by atoms with Gasteiger partial charge in [-0.1, -0.05) is 61.8 Å². The molecule has 0 bridgehead atoms. The summed E-state index contributed by atoms with van der Waals surface area (Å²) in [5.74, 6) is 12.0. The van der Waals surface area contributed by atoms with E-state index in [0.717, 1.165) is 57.0 Å². The maximum atomic E-state index is 14.1. The van der Waals surface area contributed by atoms with Crippen LogP contribution >= 0.6 is 0 Å². The molecule has 0 spiro atoms. The summed E-state index contributed by atoms with van der Waals surface area (Å²) in [5.41, 5.74) is 16.6. The molecule has 2 fully saturated rings. The first kappa shape index (κ1) is 62.7.